The van der Waals surface area contributed by atoms with Crippen LogP contribution in [-0.4, -0.2) is 4.98 Å². The monoisotopic (exact) mass is 176 g/mol. The van der Waals surface area contributed by atoms with Crippen LogP contribution in [0.3, 0.4) is 0 Å². The summed E-state index contributed by atoms with van der Waals surface area (Å²) in [6.07, 6.45) is -3.37. The number of aromatic nitrogens is 1. The molecule has 1 rings (SSSR count). The SMILES string of the molecule is Cc1ccnc(C(F)(F)F)c1N. The van der Waals surface area contributed by atoms with Gasteiger partial charge < -0.3 is 5.73 Å². The van der Waals surface area contributed by atoms with Crippen molar-refractivity contribution >= 4 is 5.69 Å². The molecule has 0 unspecified atom stereocenters. The van der Waals surface area contributed by atoms with Gasteiger partial charge in [0, 0.05) is 6.20 Å². The molecule has 0 spiro atoms. The number of nitrogens with two attached hydrogens (primary N) is 1. The van der Waals surface area contributed by atoms with Crippen LogP contribution in [0.5, 0.6) is 0 Å². The summed E-state index contributed by atoms with van der Waals surface area (Å²) in [6, 6.07) is 1.44. The maximum Gasteiger partial charge on any atom is 0.435 e. The third-order valence-corrected chi connectivity index (χ3v) is 1.48. The summed E-state index contributed by atoms with van der Waals surface area (Å²) < 4.78 is 36.3. The summed E-state index contributed by atoms with van der Waals surface area (Å²) in [6.45, 7) is 1.51. The maximum atomic E-state index is 12.1. The first-order valence-electron chi connectivity index (χ1n) is 3.21. The van der Waals surface area contributed by atoms with Crippen molar-refractivity contribution in [2.45, 2.75) is 13.1 Å². The van der Waals surface area contributed by atoms with Crippen LogP contribution in [0.2, 0.25) is 0 Å². The first-order valence-corrected chi connectivity index (χ1v) is 3.21. The van der Waals surface area contributed by atoms with E-state index in [1.54, 1.807) is 0 Å². The van der Waals surface area contributed by atoms with Crippen LogP contribution in [0, 0.1) is 6.92 Å². The number of nitrogen functional groups attached to an aromatic ring is 1. The molecule has 0 radical (unpaired) electrons. The van der Waals surface area contributed by atoms with E-state index in [1.807, 2.05) is 0 Å². The standard InChI is InChI=1S/C7H7F3N2/c1-4-2-3-12-6(5(4)11)7(8,9)10/h2-3H,11H2,1H3. The fourth-order valence-corrected chi connectivity index (χ4v) is 0.796. The Balaban J connectivity index is 3.26. The molecule has 0 fully saturated rings. The van der Waals surface area contributed by atoms with Crippen LogP contribution < -0.4 is 5.73 Å². The Morgan fingerprint density at radius 1 is 1.42 bits per heavy atom. The molecule has 5 heteroatoms. The second-order valence-corrected chi connectivity index (χ2v) is 2.39. The highest BCUT2D eigenvalue weighted by molar-refractivity contribution is 5.50. The first-order chi connectivity index (χ1) is 5.43. The van der Waals surface area contributed by atoms with Crippen LogP contribution in [-0.2, 0) is 6.18 Å². The van der Waals surface area contributed by atoms with Gasteiger partial charge in [-0.3, -0.25) is 0 Å². The number of alkyl halides is 3. The number of aryl methyl sites for hydroxylation is 1. The van der Waals surface area contributed by atoms with Gasteiger partial charge in [-0.15, -0.1) is 0 Å². The number of rotatable bonds is 0. The van der Waals surface area contributed by atoms with Crippen molar-refractivity contribution in [2.75, 3.05) is 5.73 Å². The molecule has 2 N–H and O–H groups in total. The fraction of sp³-hybridized carbons (Fsp3) is 0.286. The molecule has 1 aromatic rings. The third-order valence-electron chi connectivity index (χ3n) is 1.48. The van der Waals surface area contributed by atoms with Gasteiger partial charge in [0.05, 0.1) is 5.69 Å². The summed E-state index contributed by atoms with van der Waals surface area (Å²) in [5, 5.41) is 0. The van der Waals surface area contributed by atoms with E-state index >= 15 is 0 Å². The molecule has 0 amide bonds. The Hall–Kier alpha value is -1.26. The summed E-state index contributed by atoms with van der Waals surface area (Å²) in [5.74, 6) is 0. The van der Waals surface area contributed by atoms with Gasteiger partial charge in [0.25, 0.3) is 0 Å². The Labute approximate surface area is 67.2 Å². The minimum absolute atomic E-state index is 0.301. The van der Waals surface area contributed by atoms with Gasteiger partial charge in [0.15, 0.2) is 5.69 Å². The number of nitrogens with zero attached hydrogens (tertiary/aromatic N) is 1. The minimum Gasteiger partial charge on any atom is -0.397 e. The normalized spacial score (nSPS) is 11.7. The van der Waals surface area contributed by atoms with Crippen molar-refractivity contribution in [3.05, 3.63) is 23.5 Å². The summed E-state index contributed by atoms with van der Waals surface area (Å²) in [5.41, 5.74) is 4.26. The maximum absolute atomic E-state index is 12.1. The Morgan fingerprint density at radius 2 is 2.00 bits per heavy atom. The lowest BCUT2D eigenvalue weighted by Crippen LogP contribution is -2.12. The zero-order valence-electron chi connectivity index (χ0n) is 6.31. The molecule has 0 saturated heterocycles. The molecular formula is C7H7F3N2. The Bertz CT molecular complexity index is 293. The molecule has 66 valence electrons. The average Bonchev–Trinajstić information content (AvgIpc) is 1.92. The van der Waals surface area contributed by atoms with Gasteiger partial charge in [-0.1, -0.05) is 0 Å². The predicted molar refractivity (Wildman–Crippen MR) is 38.4 cm³/mol. The van der Waals surface area contributed by atoms with Crippen LogP contribution in [0.25, 0.3) is 0 Å². The van der Waals surface area contributed by atoms with Crippen LogP contribution in [0.15, 0.2) is 12.3 Å². The molecule has 0 saturated carbocycles. The molecule has 0 bridgehead atoms. The number of hydrogen-bond acceptors (Lipinski definition) is 2. The van der Waals surface area contributed by atoms with Crippen LogP contribution in [0.1, 0.15) is 11.3 Å². The molecule has 1 heterocycles. The summed E-state index contributed by atoms with van der Waals surface area (Å²) in [4.78, 5) is 3.16. The van der Waals surface area contributed by atoms with Crippen molar-refractivity contribution in [3.63, 3.8) is 0 Å². The van der Waals surface area contributed by atoms with Gasteiger partial charge in [0.1, 0.15) is 0 Å². The van der Waals surface area contributed by atoms with Crippen molar-refractivity contribution < 1.29 is 13.2 Å². The Morgan fingerprint density at radius 3 is 2.42 bits per heavy atom. The van der Waals surface area contributed by atoms with E-state index < -0.39 is 11.9 Å². The Kier molecular flexibility index (Phi) is 1.95. The van der Waals surface area contributed by atoms with Crippen molar-refractivity contribution in [1.29, 1.82) is 0 Å². The van der Waals surface area contributed by atoms with E-state index in [-0.39, 0.29) is 5.69 Å². The number of pyridine rings is 1. The van der Waals surface area contributed by atoms with Crippen molar-refractivity contribution in [2.24, 2.45) is 0 Å². The topological polar surface area (TPSA) is 38.9 Å². The molecular weight excluding hydrogens is 169 g/mol. The van der Waals surface area contributed by atoms with E-state index in [2.05, 4.69) is 4.98 Å². The highest BCUT2D eigenvalue weighted by Gasteiger charge is 2.35. The molecule has 1 aromatic heterocycles. The van der Waals surface area contributed by atoms with Crippen LogP contribution >= 0.6 is 0 Å². The van der Waals surface area contributed by atoms with E-state index in [1.165, 1.54) is 13.0 Å². The number of halogens is 3. The van der Waals surface area contributed by atoms with Gasteiger partial charge in [-0.05, 0) is 18.6 Å². The zero-order chi connectivity index (χ0) is 9.35. The molecule has 0 aliphatic heterocycles. The summed E-state index contributed by atoms with van der Waals surface area (Å²) in [7, 11) is 0. The lowest BCUT2D eigenvalue weighted by Gasteiger charge is -2.09. The zero-order valence-corrected chi connectivity index (χ0v) is 6.31. The molecule has 0 atom stereocenters. The predicted octanol–water partition coefficient (Wildman–Crippen LogP) is 1.99. The fourth-order valence-electron chi connectivity index (χ4n) is 0.796. The molecule has 2 nitrogen and oxygen atoms in total. The molecule has 0 aromatic carbocycles. The average molecular weight is 176 g/mol. The highest BCUT2D eigenvalue weighted by Crippen LogP contribution is 2.32. The van der Waals surface area contributed by atoms with Gasteiger partial charge in [0.2, 0.25) is 0 Å². The number of hydrogen-bond donors (Lipinski definition) is 1. The number of anilines is 1. The second kappa shape index (κ2) is 2.66. The molecule has 0 aliphatic carbocycles. The molecule has 12 heavy (non-hydrogen) atoms. The molecule has 0 aliphatic rings. The lowest BCUT2D eigenvalue weighted by atomic mass is 10.2. The van der Waals surface area contributed by atoms with Gasteiger partial charge in [-0.25, -0.2) is 4.98 Å². The van der Waals surface area contributed by atoms with Gasteiger partial charge >= 0.3 is 6.18 Å². The van der Waals surface area contributed by atoms with E-state index in [0.29, 0.717) is 5.56 Å². The van der Waals surface area contributed by atoms with Crippen LogP contribution in [0.4, 0.5) is 18.9 Å². The lowest BCUT2D eigenvalue weighted by molar-refractivity contribution is -0.140. The quantitative estimate of drug-likeness (QED) is 0.656. The van der Waals surface area contributed by atoms with E-state index in [4.69, 9.17) is 5.73 Å². The van der Waals surface area contributed by atoms with Crippen molar-refractivity contribution in [1.82, 2.24) is 4.98 Å². The van der Waals surface area contributed by atoms with E-state index in [0.717, 1.165) is 6.20 Å². The smallest absolute Gasteiger partial charge is 0.397 e. The van der Waals surface area contributed by atoms with Gasteiger partial charge in [-0.2, -0.15) is 13.2 Å². The van der Waals surface area contributed by atoms with E-state index in [9.17, 15) is 13.2 Å². The van der Waals surface area contributed by atoms with Crippen molar-refractivity contribution in [3.8, 4) is 0 Å². The largest absolute Gasteiger partial charge is 0.435 e. The minimum atomic E-state index is -4.46. The second-order valence-electron chi connectivity index (χ2n) is 2.39. The summed E-state index contributed by atoms with van der Waals surface area (Å²) >= 11 is 0. The first kappa shape index (κ1) is 8.83. The highest BCUT2D eigenvalue weighted by atomic mass is 19.4. The third kappa shape index (κ3) is 1.49.